The Morgan fingerprint density at radius 2 is 2.17 bits per heavy atom. The smallest absolute Gasteiger partial charge is 0.225 e. The highest BCUT2D eigenvalue weighted by atomic mass is 35.5. The summed E-state index contributed by atoms with van der Waals surface area (Å²) >= 11 is 5.55. The van der Waals surface area contributed by atoms with E-state index in [0.29, 0.717) is 11.8 Å². The highest BCUT2D eigenvalue weighted by Gasteiger charge is 2.33. The van der Waals surface area contributed by atoms with Gasteiger partial charge in [-0.05, 0) is 42.7 Å². The number of halogens is 1. The Morgan fingerprint density at radius 1 is 1.33 bits per heavy atom. The molecule has 0 aromatic rings. The first-order valence-corrected chi connectivity index (χ1v) is 5.03. The largest absolute Gasteiger partial charge is 0.281 e. The predicted molar refractivity (Wildman–Crippen MR) is 48.9 cm³/mol. The molecule has 3 aliphatic carbocycles. The molecule has 1 fully saturated rings. The van der Waals surface area contributed by atoms with Crippen LogP contribution < -0.4 is 0 Å². The second kappa shape index (κ2) is 3.21. The Kier molecular flexibility index (Phi) is 2.22. The van der Waals surface area contributed by atoms with E-state index in [0.717, 1.165) is 12.8 Å². The van der Waals surface area contributed by atoms with Gasteiger partial charge in [0, 0.05) is 5.92 Å². The number of rotatable bonds is 1. The van der Waals surface area contributed by atoms with Crippen molar-refractivity contribution in [1.82, 2.24) is 0 Å². The van der Waals surface area contributed by atoms with Crippen LogP contribution in [-0.2, 0) is 4.79 Å². The van der Waals surface area contributed by atoms with Gasteiger partial charge in [-0.2, -0.15) is 0 Å². The summed E-state index contributed by atoms with van der Waals surface area (Å²) in [4.78, 5) is 11.1. The van der Waals surface area contributed by atoms with E-state index in [1.165, 1.54) is 12.8 Å². The molecule has 3 atom stereocenters. The molecular weight excluding hydrogens is 172 g/mol. The lowest BCUT2D eigenvalue weighted by molar-refractivity contribution is -0.116. The van der Waals surface area contributed by atoms with Gasteiger partial charge >= 0.3 is 0 Å². The third kappa shape index (κ3) is 1.42. The minimum Gasteiger partial charge on any atom is -0.281 e. The summed E-state index contributed by atoms with van der Waals surface area (Å²) in [5.41, 5.74) is 0. The van der Waals surface area contributed by atoms with Crippen LogP contribution in [0.15, 0.2) is 12.2 Å². The average Bonchev–Trinajstić information content (AvgIpc) is 2.36. The van der Waals surface area contributed by atoms with Crippen molar-refractivity contribution in [3.05, 3.63) is 12.2 Å². The van der Waals surface area contributed by atoms with Gasteiger partial charge in [0.25, 0.3) is 0 Å². The van der Waals surface area contributed by atoms with Crippen molar-refractivity contribution < 1.29 is 4.79 Å². The van der Waals surface area contributed by atoms with Gasteiger partial charge in [0.1, 0.15) is 0 Å². The van der Waals surface area contributed by atoms with Gasteiger partial charge in [0.05, 0.1) is 0 Å². The van der Waals surface area contributed by atoms with E-state index < -0.39 is 0 Å². The summed E-state index contributed by atoms with van der Waals surface area (Å²) in [7, 11) is 0. The van der Waals surface area contributed by atoms with Crippen LogP contribution in [0.25, 0.3) is 0 Å². The molecule has 12 heavy (non-hydrogen) atoms. The number of carbonyl (C=O) groups is 1. The minimum atomic E-state index is -0.128. The van der Waals surface area contributed by atoms with Crippen LogP contribution in [0.3, 0.4) is 0 Å². The first kappa shape index (κ1) is 8.31. The van der Waals surface area contributed by atoms with Gasteiger partial charge in [0.15, 0.2) is 0 Å². The molecule has 3 rings (SSSR count). The average molecular weight is 185 g/mol. The van der Waals surface area contributed by atoms with E-state index in [1.807, 2.05) is 0 Å². The van der Waals surface area contributed by atoms with E-state index >= 15 is 0 Å². The Morgan fingerprint density at radius 3 is 2.92 bits per heavy atom. The van der Waals surface area contributed by atoms with Crippen LogP contribution in [0.4, 0.5) is 0 Å². The van der Waals surface area contributed by atoms with Crippen molar-refractivity contribution >= 4 is 16.8 Å². The van der Waals surface area contributed by atoms with Crippen LogP contribution in [0.1, 0.15) is 25.7 Å². The molecule has 2 heteroatoms. The first-order valence-electron chi connectivity index (χ1n) is 4.65. The lowest BCUT2D eigenvalue weighted by atomic mass is 9.81. The molecule has 0 amide bonds. The van der Waals surface area contributed by atoms with Gasteiger partial charge in [-0.15, -0.1) is 0 Å². The summed E-state index contributed by atoms with van der Waals surface area (Å²) in [6.07, 6.45) is 9.11. The summed E-state index contributed by atoms with van der Waals surface area (Å²) in [5, 5.41) is -0.128. The van der Waals surface area contributed by atoms with Crippen molar-refractivity contribution in [2.24, 2.45) is 17.8 Å². The van der Waals surface area contributed by atoms with E-state index in [1.54, 1.807) is 0 Å². The fraction of sp³-hybridized carbons (Fsp3) is 0.700. The van der Waals surface area contributed by atoms with E-state index in [2.05, 4.69) is 12.2 Å². The maximum absolute atomic E-state index is 11.1. The van der Waals surface area contributed by atoms with Crippen LogP contribution in [0, 0.1) is 17.8 Å². The highest BCUT2D eigenvalue weighted by molar-refractivity contribution is 6.64. The second-order valence-corrected chi connectivity index (χ2v) is 4.26. The van der Waals surface area contributed by atoms with Gasteiger partial charge in [0.2, 0.25) is 5.24 Å². The van der Waals surface area contributed by atoms with Crippen molar-refractivity contribution in [3.8, 4) is 0 Å². The van der Waals surface area contributed by atoms with E-state index in [4.69, 9.17) is 11.6 Å². The molecule has 0 aromatic heterocycles. The molecule has 3 unspecified atom stereocenters. The topological polar surface area (TPSA) is 17.1 Å². The molecule has 0 radical (unpaired) electrons. The fourth-order valence-electron chi connectivity index (χ4n) is 2.40. The van der Waals surface area contributed by atoms with E-state index in [-0.39, 0.29) is 11.2 Å². The summed E-state index contributed by atoms with van der Waals surface area (Å²) in [5.74, 6) is 1.18. The quantitative estimate of drug-likeness (QED) is 0.453. The molecular formula is C10H13ClO. The Hall–Kier alpha value is -0.300. The molecule has 0 aliphatic heterocycles. The van der Waals surface area contributed by atoms with Gasteiger partial charge < -0.3 is 0 Å². The zero-order valence-electron chi connectivity index (χ0n) is 7.00. The van der Waals surface area contributed by atoms with Crippen molar-refractivity contribution in [3.63, 3.8) is 0 Å². The molecule has 0 N–H and O–H groups in total. The molecule has 66 valence electrons. The summed E-state index contributed by atoms with van der Waals surface area (Å²) in [6.45, 7) is 0. The second-order valence-electron chi connectivity index (χ2n) is 3.89. The Balaban J connectivity index is 2.19. The molecule has 0 spiro atoms. The zero-order chi connectivity index (χ0) is 8.55. The Bertz CT molecular complexity index is 222. The third-order valence-corrected chi connectivity index (χ3v) is 3.39. The minimum absolute atomic E-state index is 0.115. The van der Waals surface area contributed by atoms with Gasteiger partial charge in [-0.3, -0.25) is 4.79 Å². The summed E-state index contributed by atoms with van der Waals surface area (Å²) < 4.78 is 0. The number of carbonyl (C=O) groups excluding carboxylic acids is 1. The number of hydrogen-bond donors (Lipinski definition) is 0. The number of allylic oxidation sites excluding steroid dienone is 2. The van der Waals surface area contributed by atoms with E-state index in [9.17, 15) is 4.79 Å². The maximum Gasteiger partial charge on any atom is 0.225 e. The molecule has 0 aromatic carbocycles. The highest BCUT2D eigenvalue weighted by Crippen LogP contribution is 2.39. The van der Waals surface area contributed by atoms with Crippen LogP contribution in [0.5, 0.6) is 0 Å². The zero-order valence-corrected chi connectivity index (χ0v) is 7.76. The standard InChI is InChI=1S/C10H13ClO/c11-10(12)9-6-7-2-1-3-8(9)5-4-7/h4-5,7-9H,1-3,6H2. The molecule has 3 aliphatic rings. The molecule has 0 heterocycles. The van der Waals surface area contributed by atoms with Crippen molar-refractivity contribution in [2.45, 2.75) is 25.7 Å². The monoisotopic (exact) mass is 184 g/mol. The SMILES string of the molecule is O=C(Cl)C1CC2C=CC1CCC2. The van der Waals surface area contributed by atoms with Crippen LogP contribution in [0.2, 0.25) is 0 Å². The van der Waals surface area contributed by atoms with Crippen molar-refractivity contribution in [2.75, 3.05) is 0 Å². The lowest BCUT2D eigenvalue weighted by Crippen LogP contribution is -2.22. The van der Waals surface area contributed by atoms with Gasteiger partial charge in [-0.1, -0.05) is 18.6 Å². The van der Waals surface area contributed by atoms with Crippen LogP contribution >= 0.6 is 11.6 Å². The predicted octanol–water partition coefficient (Wildman–Crippen LogP) is 2.74. The number of hydrogen-bond acceptors (Lipinski definition) is 1. The summed E-state index contributed by atoms with van der Waals surface area (Å²) in [6, 6.07) is 0. The van der Waals surface area contributed by atoms with Crippen LogP contribution in [-0.4, -0.2) is 5.24 Å². The van der Waals surface area contributed by atoms with Crippen molar-refractivity contribution in [1.29, 1.82) is 0 Å². The normalized spacial score (nSPS) is 39.6. The van der Waals surface area contributed by atoms with Gasteiger partial charge in [-0.25, -0.2) is 0 Å². The molecule has 1 nitrogen and oxygen atoms in total. The molecule has 2 bridgehead atoms. The molecule has 1 saturated carbocycles. The number of fused-ring (bicyclic) bond motifs is 3. The fourth-order valence-corrected chi connectivity index (χ4v) is 2.65. The maximum atomic E-state index is 11.1. The Labute approximate surface area is 77.8 Å². The molecule has 0 saturated heterocycles. The third-order valence-electron chi connectivity index (χ3n) is 3.11. The first-order chi connectivity index (χ1) is 5.77. The lowest BCUT2D eigenvalue weighted by Gasteiger charge is -2.24.